The average molecular weight is 390 g/mol. The maximum atomic E-state index is 12.9. The Morgan fingerprint density at radius 3 is 2.93 bits per heavy atom. The summed E-state index contributed by atoms with van der Waals surface area (Å²) in [5.41, 5.74) is 4.03. The second-order valence-electron chi connectivity index (χ2n) is 7.15. The molecule has 0 atom stereocenters. The van der Waals surface area contributed by atoms with E-state index in [2.05, 4.69) is 25.6 Å². The molecule has 2 N–H and O–H groups in total. The molecule has 29 heavy (non-hydrogen) atoms. The van der Waals surface area contributed by atoms with Crippen molar-refractivity contribution in [2.45, 2.75) is 6.42 Å². The zero-order valence-corrected chi connectivity index (χ0v) is 16.0. The lowest BCUT2D eigenvalue weighted by molar-refractivity contribution is -0.110. The number of pyridine rings is 1. The standard InChI is InChI=1S/C21H22N6O2/c28-21(24-18-14-23-6-3-19(18)26-10-7-22-8-11-26)17-4-9-27(25-17)16-1-2-20-15(13-16)5-12-29-20/h1-3,5-6,12-14,22H,4,7-11H2,(H,24,28). The molecule has 1 saturated heterocycles. The Kier molecular flexibility index (Phi) is 4.61. The number of aromatic nitrogens is 1. The van der Waals surface area contributed by atoms with Crippen LogP contribution >= 0.6 is 0 Å². The van der Waals surface area contributed by atoms with Crippen molar-refractivity contribution in [3.8, 4) is 0 Å². The Labute approximate surface area is 168 Å². The van der Waals surface area contributed by atoms with Crippen molar-refractivity contribution in [2.75, 3.05) is 47.9 Å². The van der Waals surface area contributed by atoms with Gasteiger partial charge in [-0.1, -0.05) is 0 Å². The molecular formula is C21H22N6O2. The van der Waals surface area contributed by atoms with Gasteiger partial charge >= 0.3 is 0 Å². The number of furan rings is 1. The number of anilines is 3. The molecule has 2 aliphatic rings. The largest absolute Gasteiger partial charge is 0.464 e. The molecule has 1 aromatic carbocycles. The highest BCUT2D eigenvalue weighted by atomic mass is 16.3. The molecule has 0 bridgehead atoms. The third-order valence-electron chi connectivity index (χ3n) is 5.30. The molecule has 4 heterocycles. The predicted octanol–water partition coefficient (Wildman–Crippen LogP) is 2.44. The number of hydrazone groups is 1. The number of nitrogens with one attached hydrogen (secondary N) is 2. The van der Waals surface area contributed by atoms with Gasteiger partial charge in [-0.2, -0.15) is 5.10 Å². The highest BCUT2D eigenvalue weighted by Crippen LogP contribution is 2.27. The normalized spacial score (nSPS) is 16.9. The van der Waals surface area contributed by atoms with E-state index in [1.54, 1.807) is 18.7 Å². The van der Waals surface area contributed by atoms with Gasteiger partial charge in [-0.05, 0) is 30.3 Å². The van der Waals surface area contributed by atoms with Gasteiger partial charge in [0.2, 0.25) is 0 Å². The van der Waals surface area contributed by atoms with Crippen LogP contribution in [0.5, 0.6) is 0 Å². The number of nitrogens with zero attached hydrogens (tertiary/aromatic N) is 4. The van der Waals surface area contributed by atoms with E-state index in [9.17, 15) is 4.79 Å². The smallest absolute Gasteiger partial charge is 0.272 e. The van der Waals surface area contributed by atoms with Gasteiger partial charge in [0.05, 0.1) is 29.5 Å². The topological polar surface area (TPSA) is 86.0 Å². The van der Waals surface area contributed by atoms with E-state index in [4.69, 9.17) is 4.42 Å². The fourth-order valence-electron chi connectivity index (χ4n) is 3.78. The van der Waals surface area contributed by atoms with Crippen LogP contribution in [0.4, 0.5) is 17.1 Å². The second-order valence-corrected chi connectivity index (χ2v) is 7.15. The molecule has 8 nitrogen and oxygen atoms in total. The molecule has 0 radical (unpaired) electrons. The van der Waals surface area contributed by atoms with Crippen LogP contribution in [0.25, 0.3) is 11.0 Å². The summed E-state index contributed by atoms with van der Waals surface area (Å²) in [6.45, 7) is 4.33. The SMILES string of the molecule is O=C(Nc1cnccc1N1CCNCC1)C1=NN(c2ccc3occc3c2)CC1. The van der Waals surface area contributed by atoms with Crippen molar-refractivity contribution in [2.24, 2.45) is 5.10 Å². The minimum atomic E-state index is -0.179. The van der Waals surface area contributed by atoms with Gasteiger partial charge < -0.3 is 20.0 Å². The highest BCUT2D eigenvalue weighted by molar-refractivity contribution is 6.44. The number of piperazine rings is 1. The van der Waals surface area contributed by atoms with E-state index in [0.29, 0.717) is 18.7 Å². The molecule has 148 valence electrons. The molecule has 2 aromatic heterocycles. The molecule has 0 unspecified atom stereocenters. The number of amides is 1. The number of carbonyl (C=O) groups is 1. The fraction of sp³-hybridized carbons (Fsp3) is 0.286. The summed E-state index contributed by atoms with van der Waals surface area (Å²) in [6, 6.07) is 9.77. The van der Waals surface area contributed by atoms with Gasteiger partial charge in [0.15, 0.2) is 0 Å². The number of fused-ring (bicyclic) bond motifs is 1. The van der Waals surface area contributed by atoms with Crippen LogP contribution in [0, 0.1) is 0 Å². The van der Waals surface area contributed by atoms with E-state index in [1.165, 1.54) is 0 Å². The summed E-state index contributed by atoms with van der Waals surface area (Å²) in [7, 11) is 0. The van der Waals surface area contributed by atoms with Crippen LogP contribution in [-0.2, 0) is 4.79 Å². The van der Waals surface area contributed by atoms with E-state index < -0.39 is 0 Å². The minimum Gasteiger partial charge on any atom is -0.464 e. The zero-order chi connectivity index (χ0) is 19.6. The Hall–Kier alpha value is -3.39. The minimum absolute atomic E-state index is 0.179. The molecule has 0 aliphatic carbocycles. The van der Waals surface area contributed by atoms with E-state index in [0.717, 1.165) is 54.2 Å². The first-order valence-corrected chi connectivity index (χ1v) is 9.81. The summed E-state index contributed by atoms with van der Waals surface area (Å²) < 4.78 is 5.39. The first-order chi connectivity index (χ1) is 14.3. The van der Waals surface area contributed by atoms with Crippen molar-refractivity contribution < 1.29 is 9.21 Å². The summed E-state index contributed by atoms with van der Waals surface area (Å²) in [5, 5.41) is 13.8. The van der Waals surface area contributed by atoms with Crippen LogP contribution in [-0.4, -0.2) is 49.3 Å². The molecule has 3 aromatic rings. The lowest BCUT2D eigenvalue weighted by atomic mass is 10.2. The summed E-state index contributed by atoms with van der Waals surface area (Å²) in [6.07, 6.45) is 5.73. The number of hydrogen-bond acceptors (Lipinski definition) is 7. The van der Waals surface area contributed by atoms with Crippen LogP contribution in [0.1, 0.15) is 6.42 Å². The van der Waals surface area contributed by atoms with Crippen molar-refractivity contribution in [1.82, 2.24) is 10.3 Å². The van der Waals surface area contributed by atoms with Gasteiger partial charge in [-0.3, -0.25) is 14.8 Å². The van der Waals surface area contributed by atoms with Gasteiger partial charge in [-0.25, -0.2) is 0 Å². The van der Waals surface area contributed by atoms with Gasteiger partial charge in [0, 0.05) is 50.7 Å². The summed E-state index contributed by atoms with van der Waals surface area (Å²) in [5.74, 6) is -0.179. The van der Waals surface area contributed by atoms with E-state index in [-0.39, 0.29) is 5.91 Å². The Morgan fingerprint density at radius 2 is 2.03 bits per heavy atom. The zero-order valence-electron chi connectivity index (χ0n) is 16.0. The molecule has 8 heteroatoms. The average Bonchev–Trinajstić information content (AvgIpc) is 3.44. The highest BCUT2D eigenvalue weighted by Gasteiger charge is 2.23. The van der Waals surface area contributed by atoms with Crippen LogP contribution in [0.3, 0.4) is 0 Å². The van der Waals surface area contributed by atoms with Crippen molar-refractivity contribution in [3.05, 3.63) is 49.0 Å². The van der Waals surface area contributed by atoms with E-state index >= 15 is 0 Å². The number of carbonyl (C=O) groups excluding carboxylic acids is 1. The number of rotatable bonds is 4. The van der Waals surface area contributed by atoms with Gasteiger partial charge in [-0.15, -0.1) is 0 Å². The van der Waals surface area contributed by atoms with Gasteiger partial charge in [0.25, 0.3) is 5.91 Å². The van der Waals surface area contributed by atoms with Crippen molar-refractivity contribution in [3.63, 3.8) is 0 Å². The number of hydrogen-bond donors (Lipinski definition) is 2. The Bertz CT molecular complexity index is 1070. The van der Waals surface area contributed by atoms with Crippen LogP contribution in [0.15, 0.2) is 58.5 Å². The number of benzene rings is 1. The lowest BCUT2D eigenvalue weighted by Crippen LogP contribution is -2.43. The predicted molar refractivity (Wildman–Crippen MR) is 114 cm³/mol. The first kappa shape index (κ1) is 17.7. The lowest BCUT2D eigenvalue weighted by Gasteiger charge is -2.30. The third-order valence-corrected chi connectivity index (χ3v) is 5.30. The Balaban J connectivity index is 1.33. The first-order valence-electron chi connectivity index (χ1n) is 9.81. The van der Waals surface area contributed by atoms with E-state index in [1.807, 2.05) is 35.3 Å². The quantitative estimate of drug-likeness (QED) is 0.712. The van der Waals surface area contributed by atoms with Crippen LogP contribution in [0.2, 0.25) is 0 Å². The van der Waals surface area contributed by atoms with Crippen molar-refractivity contribution in [1.29, 1.82) is 0 Å². The Morgan fingerprint density at radius 1 is 1.14 bits per heavy atom. The monoisotopic (exact) mass is 390 g/mol. The summed E-state index contributed by atoms with van der Waals surface area (Å²) in [4.78, 5) is 19.3. The fourth-order valence-corrected chi connectivity index (χ4v) is 3.78. The van der Waals surface area contributed by atoms with Crippen LogP contribution < -0.4 is 20.5 Å². The molecule has 2 aliphatic heterocycles. The van der Waals surface area contributed by atoms with Crippen molar-refractivity contribution >= 4 is 39.7 Å². The molecule has 1 fully saturated rings. The third kappa shape index (κ3) is 3.54. The second kappa shape index (κ2) is 7.56. The molecule has 5 rings (SSSR count). The molecular weight excluding hydrogens is 368 g/mol. The maximum Gasteiger partial charge on any atom is 0.272 e. The molecule has 1 amide bonds. The van der Waals surface area contributed by atoms with Gasteiger partial charge in [0.1, 0.15) is 11.3 Å². The maximum absolute atomic E-state index is 12.9. The molecule has 0 spiro atoms. The summed E-state index contributed by atoms with van der Waals surface area (Å²) >= 11 is 0. The molecule has 0 saturated carbocycles.